The lowest BCUT2D eigenvalue weighted by Crippen LogP contribution is -2.39. The number of hydrogen-bond donors (Lipinski definition) is 2. The molecule has 2 N–H and O–H groups in total. The number of hydrogen-bond acceptors (Lipinski definition) is 5. The summed E-state index contributed by atoms with van der Waals surface area (Å²) in [5.74, 6) is -0.247. The molecule has 1 aliphatic carbocycles. The van der Waals surface area contributed by atoms with Gasteiger partial charge in [0.05, 0.1) is 24.8 Å². The van der Waals surface area contributed by atoms with E-state index in [1.54, 1.807) is 49.7 Å². The predicted octanol–water partition coefficient (Wildman–Crippen LogP) is 2.96. The largest absolute Gasteiger partial charge is 0.491 e. The molecule has 1 aromatic carbocycles. The maximum absolute atomic E-state index is 13.6. The highest BCUT2D eigenvalue weighted by Gasteiger charge is 2.29. The topological polar surface area (TPSA) is 103 Å². The molecular weight excluding hydrogens is 434 g/mol. The number of pyridine rings is 1. The van der Waals surface area contributed by atoms with Crippen LogP contribution in [0.15, 0.2) is 41.2 Å². The van der Waals surface area contributed by atoms with Crippen LogP contribution in [0.5, 0.6) is 5.75 Å². The van der Waals surface area contributed by atoms with Crippen molar-refractivity contribution in [3.05, 3.63) is 63.7 Å². The van der Waals surface area contributed by atoms with Crippen LogP contribution in [-0.4, -0.2) is 44.7 Å². The zero-order valence-corrected chi connectivity index (χ0v) is 19.8. The highest BCUT2D eigenvalue weighted by Crippen LogP contribution is 2.31. The Balaban J connectivity index is 1.75. The number of ether oxygens (including phenoxy) is 1. The van der Waals surface area contributed by atoms with Gasteiger partial charge in [0, 0.05) is 24.3 Å². The van der Waals surface area contributed by atoms with Crippen molar-refractivity contribution in [1.82, 2.24) is 14.5 Å². The van der Waals surface area contributed by atoms with Crippen molar-refractivity contribution in [2.24, 2.45) is 7.05 Å². The summed E-state index contributed by atoms with van der Waals surface area (Å²) in [5.41, 5.74) is 1.66. The number of carbonyl (C=O) groups excluding carboxylic acids is 2. The van der Waals surface area contributed by atoms with E-state index in [2.05, 4.69) is 5.32 Å². The molecule has 3 aromatic rings. The third kappa shape index (κ3) is 4.50. The first-order valence-corrected chi connectivity index (χ1v) is 11.7. The Bertz CT molecular complexity index is 1270. The van der Waals surface area contributed by atoms with E-state index in [1.165, 1.54) is 4.57 Å². The second kappa shape index (κ2) is 9.85. The van der Waals surface area contributed by atoms with Crippen LogP contribution in [0, 0.1) is 6.92 Å². The van der Waals surface area contributed by atoms with Gasteiger partial charge in [-0.15, -0.1) is 0 Å². The van der Waals surface area contributed by atoms with Gasteiger partial charge in [-0.3, -0.25) is 14.4 Å². The van der Waals surface area contributed by atoms with Gasteiger partial charge in [0.15, 0.2) is 17.2 Å². The van der Waals surface area contributed by atoms with Crippen LogP contribution >= 0.6 is 0 Å². The minimum absolute atomic E-state index is 0.0368. The first-order valence-electron chi connectivity index (χ1n) is 11.7. The Hall–Kier alpha value is -3.39. The van der Waals surface area contributed by atoms with Crippen LogP contribution in [0.25, 0.3) is 10.9 Å². The number of fused-ring (bicyclic) bond motifs is 1. The monoisotopic (exact) mass is 465 g/mol. The Labute approximate surface area is 198 Å². The van der Waals surface area contributed by atoms with E-state index < -0.39 is 0 Å². The van der Waals surface area contributed by atoms with Crippen molar-refractivity contribution in [2.75, 3.05) is 6.61 Å². The molecule has 0 saturated heterocycles. The van der Waals surface area contributed by atoms with Crippen LogP contribution in [0.4, 0.5) is 0 Å². The van der Waals surface area contributed by atoms with E-state index >= 15 is 0 Å². The van der Waals surface area contributed by atoms with Crippen LogP contribution in [0.2, 0.25) is 0 Å². The summed E-state index contributed by atoms with van der Waals surface area (Å²) >= 11 is 0. The second-order valence-electron chi connectivity index (χ2n) is 8.88. The van der Waals surface area contributed by atoms with Crippen molar-refractivity contribution in [1.29, 1.82) is 0 Å². The maximum atomic E-state index is 13.6. The van der Waals surface area contributed by atoms with Crippen molar-refractivity contribution in [3.8, 4) is 5.75 Å². The number of nitrogens with one attached hydrogen (secondary N) is 1. The Morgan fingerprint density at radius 2 is 1.82 bits per heavy atom. The number of ketones is 1. The summed E-state index contributed by atoms with van der Waals surface area (Å²) in [6, 6.07) is 10.6. The van der Waals surface area contributed by atoms with Gasteiger partial charge in [0.2, 0.25) is 0 Å². The molecule has 1 aliphatic rings. The van der Waals surface area contributed by atoms with E-state index in [-0.39, 0.29) is 54.0 Å². The summed E-state index contributed by atoms with van der Waals surface area (Å²) in [5, 5.41) is 13.1. The number of Topliss-reactive ketones (excluding diaryl/α,β-unsaturated/α-hetero) is 1. The maximum Gasteiger partial charge on any atom is 0.272 e. The molecule has 0 unspecified atom stereocenters. The molecular formula is C26H31N3O5. The van der Waals surface area contributed by atoms with Gasteiger partial charge in [-0.2, -0.15) is 0 Å². The molecule has 2 heterocycles. The molecule has 1 fully saturated rings. The molecule has 180 valence electrons. The Morgan fingerprint density at radius 1 is 1.15 bits per heavy atom. The zero-order valence-electron chi connectivity index (χ0n) is 19.8. The number of benzene rings is 1. The van der Waals surface area contributed by atoms with Crippen molar-refractivity contribution < 1.29 is 19.4 Å². The average molecular weight is 466 g/mol. The van der Waals surface area contributed by atoms with Gasteiger partial charge < -0.3 is 24.3 Å². The Kier molecular flexibility index (Phi) is 6.88. The third-order valence-electron chi connectivity index (χ3n) is 6.56. The number of aliphatic hydroxyl groups is 1. The lowest BCUT2D eigenvalue weighted by atomic mass is 9.93. The van der Waals surface area contributed by atoms with Crippen LogP contribution < -0.4 is 15.6 Å². The first kappa shape index (κ1) is 23.8. The van der Waals surface area contributed by atoms with Crippen molar-refractivity contribution in [2.45, 2.75) is 58.2 Å². The number of rotatable bonds is 7. The van der Waals surface area contributed by atoms with Crippen LogP contribution in [-0.2, 0) is 13.6 Å². The molecule has 4 rings (SSSR count). The van der Waals surface area contributed by atoms with Crippen molar-refractivity contribution >= 4 is 22.6 Å². The zero-order chi connectivity index (χ0) is 24.4. The second-order valence-corrected chi connectivity index (χ2v) is 8.88. The normalized spacial score (nSPS) is 18.1. The molecule has 1 amide bonds. The fourth-order valence-corrected chi connectivity index (χ4v) is 4.69. The molecule has 8 nitrogen and oxygen atoms in total. The number of aryl methyl sites for hydroxylation is 2. The van der Waals surface area contributed by atoms with E-state index in [9.17, 15) is 19.5 Å². The minimum atomic E-state index is -0.363. The number of amides is 1. The van der Waals surface area contributed by atoms with Gasteiger partial charge in [-0.05, 0) is 45.6 Å². The van der Waals surface area contributed by atoms with Gasteiger partial charge in [-0.1, -0.05) is 30.3 Å². The molecule has 0 bridgehead atoms. The molecule has 0 aliphatic heterocycles. The lowest BCUT2D eigenvalue weighted by molar-refractivity contribution is 0.0857. The van der Waals surface area contributed by atoms with Gasteiger partial charge in [-0.25, -0.2) is 0 Å². The molecule has 8 heteroatoms. The van der Waals surface area contributed by atoms with E-state index in [4.69, 9.17) is 4.74 Å². The number of nitrogens with zero attached hydrogens (tertiary/aromatic N) is 2. The number of aromatic nitrogens is 2. The summed E-state index contributed by atoms with van der Waals surface area (Å²) in [7, 11) is 1.74. The van der Waals surface area contributed by atoms with E-state index in [0.29, 0.717) is 47.8 Å². The molecule has 0 radical (unpaired) electrons. The predicted molar refractivity (Wildman–Crippen MR) is 130 cm³/mol. The average Bonchev–Trinajstić information content (AvgIpc) is 3.10. The van der Waals surface area contributed by atoms with Crippen molar-refractivity contribution in [3.63, 3.8) is 0 Å². The third-order valence-corrected chi connectivity index (χ3v) is 6.56. The standard InChI is InChI=1S/C26H31N3O5/c1-4-34-24-22-20(28(3)23(24)25(32)27-18-10-12-19(30)13-11-18)14-16(2)29(26(22)33)15-21(31)17-8-6-5-7-9-17/h5-9,14,18-19,30H,4,10-13,15H2,1-3H3,(H,27,32). The molecule has 1 saturated carbocycles. The van der Waals surface area contributed by atoms with E-state index in [1.807, 2.05) is 12.1 Å². The summed E-state index contributed by atoms with van der Waals surface area (Å²) in [6.07, 6.45) is 2.39. The molecule has 34 heavy (non-hydrogen) atoms. The van der Waals surface area contributed by atoms with Crippen LogP contribution in [0.3, 0.4) is 0 Å². The summed E-state index contributed by atoms with van der Waals surface area (Å²) in [4.78, 5) is 39.7. The SMILES string of the molecule is CCOc1c(C(=O)NC2CCC(O)CC2)n(C)c2cc(C)n(CC(=O)c3ccccc3)c(=O)c12. The molecule has 0 spiro atoms. The highest BCUT2D eigenvalue weighted by atomic mass is 16.5. The molecule has 0 atom stereocenters. The Morgan fingerprint density at radius 3 is 2.47 bits per heavy atom. The van der Waals surface area contributed by atoms with Gasteiger partial charge in [0.1, 0.15) is 5.39 Å². The summed E-state index contributed by atoms with van der Waals surface area (Å²) < 4.78 is 8.96. The quantitative estimate of drug-likeness (QED) is 0.523. The number of carbonyl (C=O) groups is 2. The fourth-order valence-electron chi connectivity index (χ4n) is 4.69. The van der Waals surface area contributed by atoms with Gasteiger partial charge >= 0.3 is 0 Å². The fraction of sp³-hybridized carbons (Fsp3) is 0.423. The van der Waals surface area contributed by atoms with Gasteiger partial charge in [0.25, 0.3) is 11.5 Å². The highest BCUT2D eigenvalue weighted by molar-refractivity contribution is 6.04. The first-order chi connectivity index (χ1) is 16.3. The number of aliphatic hydroxyl groups excluding tert-OH is 1. The minimum Gasteiger partial charge on any atom is -0.491 e. The lowest BCUT2D eigenvalue weighted by Gasteiger charge is -2.26. The smallest absolute Gasteiger partial charge is 0.272 e. The molecule has 2 aromatic heterocycles. The van der Waals surface area contributed by atoms with Crippen LogP contribution in [0.1, 0.15) is 59.1 Å². The summed E-state index contributed by atoms with van der Waals surface area (Å²) in [6.45, 7) is 3.76. The van der Waals surface area contributed by atoms with E-state index in [0.717, 1.165) is 0 Å².